The molecule has 1 fully saturated rings. The summed E-state index contributed by atoms with van der Waals surface area (Å²) in [5, 5.41) is 6.75. The van der Waals surface area contributed by atoms with E-state index in [0.29, 0.717) is 19.0 Å². The zero-order chi connectivity index (χ0) is 23.1. The maximum atomic E-state index is 12.3. The Labute approximate surface area is 198 Å². The first-order chi connectivity index (χ1) is 16.1. The molecule has 0 aromatic heterocycles. The van der Waals surface area contributed by atoms with Crippen LogP contribution in [0.25, 0.3) is 0 Å². The zero-order valence-electron chi connectivity index (χ0n) is 19.9. The summed E-state index contributed by atoms with van der Waals surface area (Å²) in [6.07, 6.45) is 5.00. The second kappa shape index (κ2) is 10.8. The van der Waals surface area contributed by atoms with E-state index >= 15 is 0 Å². The SMILES string of the molecule is Cc1ccc(CC(=O)NCCNC2CCC(c3ccccc3)(c3ccccc3)CC2)cc1C. The summed E-state index contributed by atoms with van der Waals surface area (Å²) in [4.78, 5) is 12.3. The van der Waals surface area contributed by atoms with Crippen LogP contribution in [0, 0.1) is 13.8 Å². The number of carbonyl (C=O) groups is 1. The van der Waals surface area contributed by atoms with E-state index in [0.717, 1.165) is 37.8 Å². The lowest BCUT2D eigenvalue weighted by Crippen LogP contribution is -2.43. The number of hydrogen-bond donors (Lipinski definition) is 2. The van der Waals surface area contributed by atoms with Crippen LogP contribution in [0.2, 0.25) is 0 Å². The molecule has 2 N–H and O–H groups in total. The number of nitrogens with one attached hydrogen (secondary N) is 2. The highest BCUT2D eigenvalue weighted by Crippen LogP contribution is 2.44. The molecule has 1 aliphatic carbocycles. The molecule has 3 aromatic carbocycles. The second-order valence-electron chi connectivity index (χ2n) is 9.49. The first kappa shape index (κ1) is 23.3. The van der Waals surface area contributed by atoms with Gasteiger partial charge in [0.05, 0.1) is 6.42 Å². The molecule has 0 bridgehead atoms. The molecule has 3 nitrogen and oxygen atoms in total. The number of amides is 1. The van der Waals surface area contributed by atoms with E-state index in [2.05, 4.69) is 97.3 Å². The number of rotatable bonds is 8. The van der Waals surface area contributed by atoms with Crippen molar-refractivity contribution in [2.45, 2.75) is 57.4 Å². The van der Waals surface area contributed by atoms with Gasteiger partial charge in [-0.3, -0.25) is 4.79 Å². The Hall–Kier alpha value is -2.91. The second-order valence-corrected chi connectivity index (χ2v) is 9.49. The Balaban J connectivity index is 1.26. The molecule has 0 heterocycles. The van der Waals surface area contributed by atoms with Crippen molar-refractivity contribution in [3.05, 3.63) is 107 Å². The van der Waals surface area contributed by atoms with Gasteiger partial charge in [-0.1, -0.05) is 78.9 Å². The highest BCUT2D eigenvalue weighted by atomic mass is 16.1. The van der Waals surface area contributed by atoms with Crippen LogP contribution >= 0.6 is 0 Å². The van der Waals surface area contributed by atoms with Crippen LogP contribution in [0.5, 0.6) is 0 Å². The fraction of sp³-hybridized carbons (Fsp3) is 0.367. The van der Waals surface area contributed by atoms with Crippen molar-refractivity contribution in [3.8, 4) is 0 Å². The van der Waals surface area contributed by atoms with Crippen molar-refractivity contribution in [2.24, 2.45) is 0 Å². The Morgan fingerprint density at radius 3 is 2.00 bits per heavy atom. The summed E-state index contributed by atoms with van der Waals surface area (Å²) in [5.41, 5.74) is 6.53. The van der Waals surface area contributed by atoms with Crippen molar-refractivity contribution >= 4 is 5.91 Å². The average Bonchev–Trinajstić information content (AvgIpc) is 2.86. The summed E-state index contributed by atoms with van der Waals surface area (Å²) < 4.78 is 0. The Kier molecular flexibility index (Phi) is 7.61. The Morgan fingerprint density at radius 2 is 1.42 bits per heavy atom. The number of carbonyl (C=O) groups excluding carboxylic acids is 1. The molecular formula is C30H36N2O. The summed E-state index contributed by atoms with van der Waals surface area (Å²) in [6.45, 7) is 5.67. The van der Waals surface area contributed by atoms with E-state index in [9.17, 15) is 4.79 Å². The lowest BCUT2D eigenvalue weighted by Gasteiger charge is -2.41. The zero-order valence-corrected chi connectivity index (χ0v) is 19.9. The van der Waals surface area contributed by atoms with Gasteiger partial charge in [0.15, 0.2) is 0 Å². The topological polar surface area (TPSA) is 41.1 Å². The largest absolute Gasteiger partial charge is 0.355 e. The smallest absolute Gasteiger partial charge is 0.224 e. The fourth-order valence-corrected chi connectivity index (χ4v) is 5.21. The van der Waals surface area contributed by atoms with Crippen LogP contribution in [0.4, 0.5) is 0 Å². The molecule has 3 aromatic rings. The van der Waals surface area contributed by atoms with E-state index in [1.165, 1.54) is 22.3 Å². The number of benzene rings is 3. The van der Waals surface area contributed by atoms with Crippen molar-refractivity contribution in [1.82, 2.24) is 10.6 Å². The molecule has 0 atom stereocenters. The molecular weight excluding hydrogens is 404 g/mol. The van der Waals surface area contributed by atoms with Gasteiger partial charge in [0.1, 0.15) is 0 Å². The molecule has 3 heteroatoms. The van der Waals surface area contributed by atoms with Gasteiger partial charge in [-0.25, -0.2) is 0 Å². The van der Waals surface area contributed by atoms with E-state index < -0.39 is 0 Å². The molecule has 1 aliphatic rings. The van der Waals surface area contributed by atoms with Crippen molar-refractivity contribution in [1.29, 1.82) is 0 Å². The van der Waals surface area contributed by atoms with E-state index in [1.807, 2.05) is 6.07 Å². The van der Waals surface area contributed by atoms with Gasteiger partial charge in [0.25, 0.3) is 0 Å². The fourth-order valence-electron chi connectivity index (χ4n) is 5.21. The first-order valence-corrected chi connectivity index (χ1v) is 12.2. The van der Waals surface area contributed by atoms with Gasteiger partial charge >= 0.3 is 0 Å². The molecule has 0 aliphatic heterocycles. The minimum atomic E-state index is 0.0934. The van der Waals surface area contributed by atoms with Crippen LogP contribution in [0.3, 0.4) is 0 Å². The Morgan fingerprint density at radius 1 is 0.818 bits per heavy atom. The molecule has 33 heavy (non-hydrogen) atoms. The van der Waals surface area contributed by atoms with Crippen LogP contribution in [-0.2, 0) is 16.6 Å². The molecule has 4 rings (SSSR count). The minimum Gasteiger partial charge on any atom is -0.355 e. The molecule has 172 valence electrons. The third-order valence-corrected chi connectivity index (χ3v) is 7.31. The lowest BCUT2D eigenvalue weighted by molar-refractivity contribution is -0.120. The summed E-state index contributed by atoms with van der Waals surface area (Å²) in [5.74, 6) is 0.0934. The van der Waals surface area contributed by atoms with Gasteiger partial charge in [0.2, 0.25) is 5.91 Å². The third-order valence-electron chi connectivity index (χ3n) is 7.31. The van der Waals surface area contributed by atoms with E-state index in [1.54, 1.807) is 0 Å². The van der Waals surface area contributed by atoms with Gasteiger partial charge in [-0.2, -0.15) is 0 Å². The first-order valence-electron chi connectivity index (χ1n) is 12.2. The Bertz CT molecular complexity index is 996. The lowest BCUT2D eigenvalue weighted by atomic mass is 9.64. The van der Waals surface area contributed by atoms with Crippen LogP contribution in [-0.4, -0.2) is 25.0 Å². The number of aryl methyl sites for hydroxylation is 2. The van der Waals surface area contributed by atoms with Crippen molar-refractivity contribution in [3.63, 3.8) is 0 Å². The maximum Gasteiger partial charge on any atom is 0.224 e. The van der Waals surface area contributed by atoms with Crippen LogP contribution in [0.1, 0.15) is 53.5 Å². The monoisotopic (exact) mass is 440 g/mol. The normalized spacial score (nSPS) is 15.8. The molecule has 1 amide bonds. The molecule has 0 radical (unpaired) electrons. The molecule has 0 saturated heterocycles. The van der Waals surface area contributed by atoms with Crippen molar-refractivity contribution < 1.29 is 4.79 Å². The average molecular weight is 441 g/mol. The van der Waals surface area contributed by atoms with Gasteiger partial charge in [-0.15, -0.1) is 0 Å². The molecule has 1 saturated carbocycles. The third kappa shape index (κ3) is 5.72. The van der Waals surface area contributed by atoms with Crippen LogP contribution in [0.15, 0.2) is 78.9 Å². The molecule has 0 unspecified atom stereocenters. The predicted molar refractivity (Wildman–Crippen MR) is 137 cm³/mol. The predicted octanol–water partition coefficient (Wildman–Crippen LogP) is 5.48. The van der Waals surface area contributed by atoms with E-state index in [-0.39, 0.29) is 11.3 Å². The standard InChI is InChI=1S/C30H36N2O/c1-23-13-14-25(21-24(23)2)22-29(33)32-20-19-31-28-15-17-30(18-16-28,26-9-5-3-6-10-26)27-11-7-4-8-12-27/h3-14,21,28,31H,15-20,22H2,1-2H3,(H,32,33). The quantitative estimate of drug-likeness (QED) is 0.455. The van der Waals surface area contributed by atoms with Gasteiger partial charge < -0.3 is 10.6 Å². The van der Waals surface area contributed by atoms with Crippen LogP contribution < -0.4 is 10.6 Å². The molecule has 0 spiro atoms. The highest BCUT2D eigenvalue weighted by Gasteiger charge is 2.38. The minimum absolute atomic E-state index is 0.0934. The highest BCUT2D eigenvalue weighted by molar-refractivity contribution is 5.78. The van der Waals surface area contributed by atoms with E-state index in [4.69, 9.17) is 0 Å². The van der Waals surface area contributed by atoms with Crippen molar-refractivity contribution in [2.75, 3.05) is 13.1 Å². The summed E-state index contributed by atoms with van der Waals surface area (Å²) in [6, 6.07) is 28.7. The number of hydrogen-bond acceptors (Lipinski definition) is 2. The van der Waals surface area contributed by atoms with Gasteiger partial charge in [0, 0.05) is 24.5 Å². The van der Waals surface area contributed by atoms with Gasteiger partial charge in [-0.05, 0) is 67.3 Å². The maximum absolute atomic E-state index is 12.3. The summed E-state index contributed by atoms with van der Waals surface area (Å²) in [7, 11) is 0. The summed E-state index contributed by atoms with van der Waals surface area (Å²) >= 11 is 0.